The number of likely N-dealkylation sites (tertiary alicyclic amines) is 3. The molecule has 2 aromatic carbocycles. The van der Waals surface area contributed by atoms with Crippen molar-refractivity contribution in [1.82, 2.24) is 14.7 Å². The molecule has 3 aliphatic heterocycles. The molecule has 3 aliphatic rings. The van der Waals surface area contributed by atoms with E-state index in [1.54, 1.807) is 26.4 Å². The number of hydrogen-bond acceptors (Lipinski definition) is 5. The number of nitrogens with zero attached hydrogens (tertiary/aromatic N) is 3. The highest BCUT2D eigenvalue weighted by atomic mass is 35.5. The molecule has 0 spiro atoms. The summed E-state index contributed by atoms with van der Waals surface area (Å²) in [5, 5.41) is 1.13. The summed E-state index contributed by atoms with van der Waals surface area (Å²) in [5.74, 6) is 1.18. The number of carbonyl (C=O) groups excluding carboxylic acids is 1. The van der Waals surface area contributed by atoms with E-state index < -0.39 is 0 Å². The second kappa shape index (κ2) is 12.7. The van der Waals surface area contributed by atoms with Crippen LogP contribution in [-0.2, 0) is 5.41 Å². The fraction of sp³-hybridized carbons (Fsp3) is 0.581. The second-order valence-electron chi connectivity index (χ2n) is 11.4. The van der Waals surface area contributed by atoms with Gasteiger partial charge in [0.2, 0.25) is 0 Å². The van der Waals surface area contributed by atoms with Crippen molar-refractivity contribution >= 4 is 29.1 Å². The van der Waals surface area contributed by atoms with Crippen LogP contribution in [0.4, 0.5) is 0 Å². The van der Waals surface area contributed by atoms with Gasteiger partial charge < -0.3 is 24.2 Å². The van der Waals surface area contributed by atoms with Crippen molar-refractivity contribution in [1.29, 1.82) is 0 Å². The lowest BCUT2D eigenvalue weighted by Crippen LogP contribution is -2.47. The van der Waals surface area contributed by atoms with E-state index in [4.69, 9.17) is 32.7 Å². The van der Waals surface area contributed by atoms with Crippen molar-refractivity contribution in [2.24, 2.45) is 0 Å². The van der Waals surface area contributed by atoms with Gasteiger partial charge in [0.15, 0.2) is 0 Å². The van der Waals surface area contributed by atoms with E-state index in [0.29, 0.717) is 40.2 Å². The Morgan fingerprint density at radius 2 is 1.69 bits per heavy atom. The van der Waals surface area contributed by atoms with Gasteiger partial charge in [-0.1, -0.05) is 35.7 Å². The predicted octanol–water partition coefficient (Wildman–Crippen LogP) is 6.13. The SMILES string of the molecule is COc1ccc(C(=O)N2CC[C@@](CCN3CCC(N4CCCCC4)CC3)(c3ccc(Cl)c(Cl)c3)C2)c(OC)c1. The van der Waals surface area contributed by atoms with Gasteiger partial charge in [0, 0.05) is 30.6 Å². The molecular formula is C31H41Cl2N3O3. The van der Waals surface area contributed by atoms with Gasteiger partial charge in [-0.2, -0.15) is 0 Å². The fourth-order valence-corrected chi connectivity index (χ4v) is 7.06. The topological polar surface area (TPSA) is 45.2 Å². The van der Waals surface area contributed by atoms with E-state index in [-0.39, 0.29) is 11.3 Å². The van der Waals surface area contributed by atoms with Crippen LogP contribution < -0.4 is 9.47 Å². The van der Waals surface area contributed by atoms with Crippen LogP contribution in [0.25, 0.3) is 0 Å². The molecule has 39 heavy (non-hydrogen) atoms. The third-order valence-corrected chi connectivity index (χ3v) is 9.92. The third kappa shape index (κ3) is 6.35. The molecule has 212 valence electrons. The zero-order valence-corrected chi connectivity index (χ0v) is 24.8. The lowest BCUT2D eigenvalue weighted by molar-refractivity contribution is 0.0768. The van der Waals surface area contributed by atoms with Gasteiger partial charge in [0.25, 0.3) is 5.91 Å². The van der Waals surface area contributed by atoms with Crippen molar-refractivity contribution in [3.8, 4) is 11.5 Å². The van der Waals surface area contributed by atoms with Crippen LogP contribution in [0, 0.1) is 0 Å². The Hall–Kier alpha value is -1.99. The summed E-state index contributed by atoms with van der Waals surface area (Å²) in [7, 11) is 3.20. The van der Waals surface area contributed by atoms with Gasteiger partial charge in [0.1, 0.15) is 11.5 Å². The Balaban J connectivity index is 1.30. The molecular weight excluding hydrogens is 533 g/mol. The van der Waals surface area contributed by atoms with Gasteiger partial charge in [-0.25, -0.2) is 0 Å². The molecule has 3 fully saturated rings. The van der Waals surface area contributed by atoms with Crippen LogP contribution in [0.15, 0.2) is 36.4 Å². The Morgan fingerprint density at radius 3 is 2.38 bits per heavy atom. The van der Waals surface area contributed by atoms with E-state index in [0.717, 1.165) is 44.1 Å². The molecule has 0 aliphatic carbocycles. The molecule has 3 saturated heterocycles. The smallest absolute Gasteiger partial charge is 0.257 e. The zero-order valence-electron chi connectivity index (χ0n) is 23.3. The number of benzene rings is 2. The molecule has 0 unspecified atom stereocenters. The molecule has 1 atom stereocenters. The number of rotatable bonds is 8. The first-order chi connectivity index (χ1) is 18.9. The van der Waals surface area contributed by atoms with Crippen molar-refractivity contribution in [2.75, 3.05) is 60.0 Å². The van der Waals surface area contributed by atoms with Gasteiger partial charge in [0.05, 0.1) is 29.8 Å². The van der Waals surface area contributed by atoms with Crippen molar-refractivity contribution in [3.05, 3.63) is 57.6 Å². The molecule has 8 heteroatoms. The molecule has 0 saturated carbocycles. The van der Waals surface area contributed by atoms with E-state index in [9.17, 15) is 4.79 Å². The lowest BCUT2D eigenvalue weighted by Gasteiger charge is -2.41. The van der Waals surface area contributed by atoms with Crippen LogP contribution in [0.2, 0.25) is 10.0 Å². The van der Waals surface area contributed by atoms with Gasteiger partial charge in [-0.05, 0) is 101 Å². The summed E-state index contributed by atoms with van der Waals surface area (Å²) >= 11 is 12.8. The summed E-state index contributed by atoms with van der Waals surface area (Å²) in [6.07, 6.45) is 8.45. The first-order valence-electron chi connectivity index (χ1n) is 14.4. The minimum atomic E-state index is -0.173. The molecule has 0 bridgehead atoms. The van der Waals surface area contributed by atoms with Crippen molar-refractivity contribution in [3.63, 3.8) is 0 Å². The Morgan fingerprint density at radius 1 is 0.923 bits per heavy atom. The van der Waals surface area contributed by atoms with Gasteiger partial charge >= 0.3 is 0 Å². The Bertz CT molecular complexity index is 1150. The molecule has 0 N–H and O–H groups in total. The molecule has 3 heterocycles. The monoisotopic (exact) mass is 573 g/mol. The summed E-state index contributed by atoms with van der Waals surface area (Å²) in [6, 6.07) is 12.1. The molecule has 2 aromatic rings. The number of carbonyl (C=O) groups is 1. The third-order valence-electron chi connectivity index (χ3n) is 9.18. The molecule has 0 aromatic heterocycles. The molecule has 0 radical (unpaired) electrons. The summed E-state index contributed by atoms with van der Waals surface area (Å²) < 4.78 is 10.9. The largest absolute Gasteiger partial charge is 0.497 e. The average molecular weight is 575 g/mol. The van der Waals surface area contributed by atoms with E-state index in [1.165, 1.54) is 45.2 Å². The molecule has 6 nitrogen and oxygen atoms in total. The predicted molar refractivity (Wildman–Crippen MR) is 158 cm³/mol. The van der Waals surface area contributed by atoms with Crippen molar-refractivity contribution in [2.45, 2.75) is 56.4 Å². The van der Waals surface area contributed by atoms with Crippen LogP contribution in [0.5, 0.6) is 11.5 Å². The average Bonchev–Trinajstić information content (AvgIpc) is 3.43. The first-order valence-corrected chi connectivity index (χ1v) is 15.1. The minimum absolute atomic E-state index is 0.0150. The van der Waals surface area contributed by atoms with E-state index >= 15 is 0 Å². The number of methoxy groups -OCH3 is 2. The van der Waals surface area contributed by atoms with Crippen molar-refractivity contribution < 1.29 is 14.3 Å². The number of amides is 1. The standard InChI is InChI=1S/C31H41Cl2N3O3/c1-38-25-7-8-26(29(21-25)39-2)30(37)36-19-13-31(22-36,23-6-9-27(32)28(33)20-23)12-18-34-16-10-24(11-17-34)35-14-4-3-5-15-35/h6-9,20-21,24H,3-5,10-19,22H2,1-2H3/t31-/m1/s1. The number of piperidine rings is 2. The number of hydrogen-bond donors (Lipinski definition) is 0. The van der Waals surface area contributed by atoms with E-state index in [1.807, 2.05) is 23.1 Å². The first kappa shape index (κ1) is 28.5. The number of ether oxygens (including phenoxy) is 2. The summed E-state index contributed by atoms with van der Waals surface area (Å²) in [6.45, 7) is 7.17. The molecule has 1 amide bonds. The maximum atomic E-state index is 13.7. The van der Waals surface area contributed by atoms with Crippen LogP contribution in [-0.4, -0.2) is 86.7 Å². The lowest BCUT2D eigenvalue weighted by atomic mass is 9.76. The maximum absolute atomic E-state index is 13.7. The highest BCUT2D eigenvalue weighted by Gasteiger charge is 2.42. The highest BCUT2D eigenvalue weighted by Crippen LogP contribution is 2.41. The van der Waals surface area contributed by atoms with Crippen LogP contribution in [0.1, 0.15) is 60.9 Å². The Labute approximate surface area is 243 Å². The summed E-state index contributed by atoms with van der Waals surface area (Å²) in [5.41, 5.74) is 1.55. The Kier molecular flexibility index (Phi) is 9.27. The van der Waals surface area contributed by atoms with Gasteiger partial charge in [-0.15, -0.1) is 0 Å². The quantitative estimate of drug-likeness (QED) is 0.380. The second-order valence-corrected chi connectivity index (χ2v) is 12.2. The highest BCUT2D eigenvalue weighted by molar-refractivity contribution is 6.42. The molecule has 5 rings (SSSR count). The minimum Gasteiger partial charge on any atom is -0.497 e. The van der Waals surface area contributed by atoms with E-state index in [2.05, 4.69) is 15.9 Å². The van der Waals surface area contributed by atoms with Crippen LogP contribution in [0.3, 0.4) is 0 Å². The van der Waals surface area contributed by atoms with Gasteiger partial charge in [-0.3, -0.25) is 4.79 Å². The normalized spacial score (nSPS) is 23.2. The van der Waals surface area contributed by atoms with Crippen LogP contribution >= 0.6 is 23.2 Å². The number of halogens is 2. The zero-order chi connectivity index (χ0) is 27.4. The fourth-order valence-electron chi connectivity index (χ4n) is 6.77. The maximum Gasteiger partial charge on any atom is 0.257 e. The summed E-state index contributed by atoms with van der Waals surface area (Å²) in [4.78, 5) is 21.0.